The zero-order valence-corrected chi connectivity index (χ0v) is 11.4. The lowest BCUT2D eigenvalue weighted by molar-refractivity contribution is 0.489. The zero-order valence-electron chi connectivity index (χ0n) is 11.4. The summed E-state index contributed by atoms with van der Waals surface area (Å²) >= 11 is 0. The van der Waals surface area contributed by atoms with Gasteiger partial charge in [0.05, 0.1) is 0 Å². The van der Waals surface area contributed by atoms with Crippen molar-refractivity contribution in [2.24, 2.45) is 7.05 Å². The van der Waals surface area contributed by atoms with Crippen molar-refractivity contribution in [2.75, 3.05) is 6.54 Å². The summed E-state index contributed by atoms with van der Waals surface area (Å²) in [6.45, 7) is 7.00. The van der Waals surface area contributed by atoms with Gasteiger partial charge in [-0.1, -0.05) is 0 Å². The van der Waals surface area contributed by atoms with Crippen molar-refractivity contribution in [3.05, 3.63) is 35.3 Å². The van der Waals surface area contributed by atoms with E-state index in [2.05, 4.69) is 28.5 Å². The predicted octanol–water partition coefficient (Wildman–Crippen LogP) is 1.92. The van der Waals surface area contributed by atoms with Crippen molar-refractivity contribution in [2.45, 2.75) is 33.2 Å². The number of furan rings is 1. The summed E-state index contributed by atoms with van der Waals surface area (Å²) in [6.07, 6.45) is 2.60. The lowest BCUT2D eigenvalue weighted by atomic mass is 10.1. The van der Waals surface area contributed by atoms with Gasteiger partial charge in [-0.25, -0.2) is 0 Å². The molecule has 0 aromatic carbocycles. The number of hydrogen-bond acceptors (Lipinski definition) is 4. The van der Waals surface area contributed by atoms with E-state index in [4.69, 9.17) is 4.42 Å². The SMILES string of the molecule is Cc1cc(C(C)NCCc2nncn2C)c(C)o1. The highest BCUT2D eigenvalue weighted by molar-refractivity contribution is 5.23. The molecule has 0 bridgehead atoms. The maximum atomic E-state index is 5.54. The molecule has 0 radical (unpaired) electrons. The normalized spacial score (nSPS) is 12.9. The van der Waals surface area contributed by atoms with E-state index in [9.17, 15) is 0 Å². The zero-order chi connectivity index (χ0) is 13.1. The van der Waals surface area contributed by atoms with Crippen LogP contribution in [0.4, 0.5) is 0 Å². The molecule has 2 aromatic heterocycles. The molecule has 0 saturated heterocycles. The second kappa shape index (κ2) is 5.35. The van der Waals surface area contributed by atoms with E-state index in [1.165, 1.54) is 5.56 Å². The van der Waals surface area contributed by atoms with Crippen molar-refractivity contribution >= 4 is 0 Å². The van der Waals surface area contributed by atoms with Crippen LogP contribution in [0.5, 0.6) is 0 Å². The van der Waals surface area contributed by atoms with E-state index >= 15 is 0 Å². The first kappa shape index (κ1) is 12.8. The smallest absolute Gasteiger partial charge is 0.133 e. The minimum atomic E-state index is 0.288. The van der Waals surface area contributed by atoms with Crippen molar-refractivity contribution < 1.29 is 4.42 Å². The second-order valence-corrected chi connectivity index (χ2v) is 4.65. The fourth-order valence-corrected chi connectivity index (χ4v) is 2.12. The van der Waals surface area contributed by atoms with Crippen molar-refractivity contribution in [3.63, 3.8) is 0 Å². The molecular weight excluding hydrogens is 228 g/mol. The first-order chi connectivity index (χ1) is 8.58. The summed E-state index contributed by atoms with van der Waals surface area (Å²) in [6, 6.07) is 2.38. The molecule has 0 spiro atoms. The Morgan fingerprint density at radius 1 is 1.44 bits per heavy atom. The highest BCUT2D eigenvalue weighted by Gasteiger charge is 2.12. The minimum Gasteiger partial charge on any atom is -0.466 e. The average molecular weight is 248 g/mol. The van der Waals surface area contributed by atoms with Gasteiger partial charge < -0.3 is 14.3 Å². The Hall–Kier alpha value is -1.62. The maximum absolute atomic E-state index is 5.54. The van der Waals surface area contributed by atoms with Crippen LogP contribution < -0.4 is 5.32 Å². The highest BCUT2D eigenvalue weighted by atomic mass is 16.3. The molecular formula is C13H20N4O. The third-order valence-electron chi connectivity index (χ3n) is 3.15. The van der Waals surface area contributed by atoms with Gasteiger partial charge in [0.2, 0.25) is 0 Å². The first-order valence-electron chi connectivity index (χ1n) is 6.21. The monoisotopic (exact) mass is 248 g/mol. The van der Waals surface area contributed by atoms with Crippen LogP contribution in [0.1, 0.15) is 35.9 Å². The quantitative estimate of drug-likeness (QED) is 0.878. The van der Waals surface area contributed by atoms with E-state index < -0.39 is 0 Å². The Kier molecular flexibility index (Phi) is 3.81. The molecule has 0 aliphatic carbocycles. The van der Waals surface area contributed by atoms with Gasteiger partial charge in [0, 0.05) is 31.6 Å². The lowest BCUT2D eigenvalue weighted by Gasteiger charge is -2.12. The van der Waals surface area contributed by atoms with E-state index in [0.29, 0.717) is 0 Å². The van der Waals surface area contributed by atoms with Gasteiger partial charge >= 0.3 is 0 Å². The van der Waals surface area contributed by atoms with E-state index in [-0.39, 0.29) is 6.04 Å². The number of rotatable bonds is 5. The van der Waals surface area contributed by atoms with Gasteiger partial charge in [-0.2, -0.15) is 0 Å². The van der Waals surface area contributed by atoms with Gasteiger partial charge in [-0.15, -0.1) is 10.2 Å². The van der Waals surface area contributed by atoms with Crippen LogP contribution in [0, 0.1) is 13.8 Å². The predicted molar refractivity (Wildman–Crippen MR) is 69.3 cm³/mol. The molecule has 0 aliphatic rings. The molecule has 0 amide bonds. The van der Waals surface area contributed by atoms with Gasteiger partial charge in [0.15, 0.2) is 0 Å². The third-order valence-corrected chi connectivity index (χ3v) is 3.15. The Bertz CT molecular complexity index is 515. The van der Waals surface area contributed by atoms with Crippen LogP contribution in [0.3, 0.4) is 0 Å². The molecule has 5 nitrogen and oxygen atoms in total. The number of nitrogens with zero attached hydrogens (tertiary/aromatic N) is 3. The largest absolute Gasteiger partial charge is 0.466 e. The second-order valence-electron chi connectivity index (χ2n) is 4.65. The maximum Gasteiger partial charge on any atom is 0.133 e. The standard InChI is InChI=1S/C13H20N4O/c1-9-7-12(11(3)18-9)10(2)14-6-5-13-16-15-8-17(13)4/h7-8,10,14H,5-6H2,1-4H3. The number of hydrogen-bond donors (Lipinski definition) is 1. The fraction of sp³-hybridized carbons (Fsp3) is 0.538. The number of nitrogens with one attached hydrogen (secondary N) is 1. The number of aromatic nitrogens is 3. The van der Waals surface area contributed by atoms with E-state index in [1.54, 1.807) is 6.33 Å². The molecule has 0 saturated carbocycles. The molecule has 1 N–H and O–H groups in total. The molecule has 5 heteroatoms. The average Bonchev–Trinajstić information content (AvgIpc) is 2.85. The molecule has 18 heavy (non-hydrogen) atoms. The van der Waals surface area contributed by atoms with Crippen LogP contribution in [0.15, 0.2) is 16.8 Å². The van der Waals surface area contributed by atoms with Gasteiger partial charge in [-0.3, -0.25) is 0 Å². The topological polar surface area (TPSA) is 55.9 Å². The Balaban J connectivity index is 1.87. The van der Waals surface area contributed by atoms with Crippen LogP contribution in [0.2, 0.25) is 0 Å². The van der Waals surface area contributed by atoms with Crippen LogP contribution in [0.25, 0.3) is 0 Å². The Morgan fingerprint density at radius 3 is 2.78 bits per heavy atom. The lowest BCUT2D eigenvalue weighted by Crippen LogP contribution is -2.22. The number of aryl methyl sites for hydroxylation is 3. The molecule has 2 rings (SSSR count). The molecule has 2 aromatic rings. The van der Waals surface area contributed by atoms with Crippen LogP contribution >= 0.6 is 0 Å². The first-order valence-corrected chi connectivity index (χ1v) is 6.21. The van der Waals surface area contributed by atoms with E-state index in [1.807, 2.05) is 25.5 Å². The molecule has 0 aliphatic heterocycles. The molecule has 98 valence electrons. The summed E-state index contributed by atoms with van der Waals surface area (Å²) < 4.78 is 7.48. The van der Waals surface area contributed by atoms with Gasteiger partial charge in [0.1, 0.15) is 23.7 Å². The van der Waals surface area contributed by atoms with Crippen LogP contribution in [-0.4, -0.2) is 21.3 Å². The molecule has 1 atom stereocenters. The Morgan fingerprint density at radius 2 is 2.22 bits per heavy atom. The summed E-state index contributed by atoms with van der Waals surface area (Å²) in [4.78, 5) is 0. The third kappa shape index (κ3) is 2.79. The molecule has 2 heterocycles. The summed E-state index contributed by atoms with van der Waals surface area (Å²) in [5.41, 5.74) is 1.23. The molecule has 1 unspecified atom stereocenters. The summed E-state index contributed by atoms with van der Waals surface area (Å²) in [5, 5.41) is 11.4. The summed E-state index contributed by atoms with van der Waals surface area (Å²) in [5.74, 6) is 2.95. The minimum absolute atomic E-state index is 0.288. The molecule has 0 fully saturated rings. The van der Waals surface area contributed by atoms with Crippen molar-refractivity contribution in [3.8, 4) is 0 Å². The van der Waals surface area contributed by atoms with Gasteiger partial charge in [-0.05, 0) is 26.8 Å². The fourth-order valence-electron chi connectivity index (χ4n) is 2.12. The van der Waals surface area contributed by atoms with Crippen molar-refractivity contribution in [1.82, 2.24) is 20.1 Å². The van der Waals surface area contributed by atoms with Crippen molar-refractivity contribution in [1.29, 1.82) is 0 Å². The Labute approximate surface area is 107 Å². The van der Waals surface area contributed by atoms with Gasteiger partial charge in [0.25, 0.3) is 0 Å². The highest BCUT2D eigenvalue weighted by Crippen LogP contribution is 2.20. The summed E-state index contributed by atoms with van der Waals surface area (Å²) in [7, 11) is 1.96. The van der Waals surface area contributed by atoms with Crippen LogP contribution in [-0.2, 0) is 13.5 Å². The van der Waals surface area contributed by atoms with E-state index in [0.717, 1.165) is 30.3 Å².